The Labute approximate surface area is 97.7 Å². The van der Waals surface area contributed by atoms with Crippen LogP contribution in [0.5, 0.6) is 0 Å². The molecule has 4 heteroatoms. The fraction of sp³-hybridized carbons (Fsp3) is 0.364. The van der Waals surface area contributed by atoms with E-state index in [1.165, 1.54) is 0 Å². The molecule has 0 aliphatic rings. The van der Waals surface area contributed by atoms with Gasteiger partial charge >= 0.3 is 5.97 Å². The van der Waals surface area contributed by atoms with Crippen LogP contribution in [-0.4, -0.2) is 11.6 Å². The normalized spacial score (nSPS) is 11.2. The van der Waals surface area contributed by atoms with Crippen molar-refractivity contribution in [3.8, 4) is 0 Å². The number of nitrogen functional groups attached to an aromatic ring is 1. The molecule has 15 heavy (non-hydrogen) atoms. The number of ether oxygens (including phenoxy) is 1. The van der Waals surface area contributed by atoms with Crippen molar-refractivity contribution in [2.24, 2.45) is 0 Å². The lowest BCUT2D eigenvalue weighted by molar-refractivity contribution is 0.00695. The van der Waals surface area contributed by atoms with Crippen LogP contribution in [0.15, 0.2) is 22.7 Å². The Bertz CT molecular complexity index is 362. The number of carbonyl (C=O) groups excluding carboxylic acids is 1. The van der Waals surface area contributed by atoms with Crippen LogP contribution in [0.1, 0.15) is 31.1 Å². The lowest BCUT2D eigenvalue weighted by atomic mass is 10.1. The Morgan fingerprint density at radius 2 is 1.93 bits per heavy atom. The summed E-state index contributed by atoms with van der Waals surface area (Å²) in [5.41, 5.74) is 6.12. The summed E-state index contributed by atoms with van der Waals surface area (Å²) in [6.07, 6.45) is 0. The number of carbonyl (C=O) groups is 1. The summed E-state index contributed by atoms with van der Waals surface area (Å²) in [6, 6.07) is 5.01. The largest absolute Gasteiger partial charge is 0.456 e. The van der Waals surface area contributed by atoms with Crippen LogP contribution in [0.2, 0.25) is 0 Å². The SMILES string of the molecule is CC(C)(C)OC(=O)c1cc(N)cc(Br)c1. The van der Waals surface area contributed by atoms with Crippen molar-refractivity contribution in [2.75, 3.05) is 5.73 Å². The van der Waals surface area contributed by atoms with Crippen molar-refractivity contribution in [3.05, 3.63) is 28.2 Å². The molecular formula is C11H14BrNO2. The van der Waals surface area contributed by atoms with E-state index in [0.717, 1.165) is 4.47 Å². The highest BCUT2D eigenvalue weighted by molar-refractivity contribution is 9.10. The second-order valence-electron chi connectivity index (χ2n) is 4.28. The zero-order chi connectivity index (χ0) is 11.6. The number of halogens is 1. The van der Waals surface area contributed by atoms with Gasteiger partial charge in [-0.05, 0) is 39.0 Å². The van der Waals surface area contributed by atoms with E-state index in [9.17, 15) is 4.79 Å². The second-order valence-corrected chi connectivity index (χ2v) is 5.19. The van der Waals surface area contributed by atoms with E-state index >= 15 is 0 Å². The van der Waals surface area contributed by atoms with Crippen LogP contribution in [-0.2, 0) is 4.74 Å². The van der Waals surface area contributed by atoms with Crippen LogP contribution >= 0.6 is 15.9 Å². The van der Waals surface area contributed by atoms with Crippen LogP contribution in [0.25, 0.3) is 0 Å². The fourth-order valence-electron chi connectivity index (χ4n) is 1.07. The Morgan fingerprint density at radius 3 is 2.40 bits per heavy atom. The third kappa shape index (κ3) is 3.91. The molecule has 0 aliphatic heterocycles. The lowest BCUT2D eigenvalue weighted by Gasteiger charge is -2.19. The van der Waals surface area contributed by atoms with Gasteiger partial charge in [-0.3, -0.25) is 0 Å². The number of nitrogens with two attached hydrogens (primary N) is 1. The van der Waals surface area contributed by atoms with E-state index in [-0.39, 0.29) is 5.97 Å². The van der Waals surface area contributed by atoms with E-state index in [1.807, 2.05) is 20.8 Å². The molecule has 0 saturated heterocycles. The van der Waals surface area contributed by atoms with E-state index in [0.29, 0.717) is 11.3 Å². The first-order chi connectivity index (χ1) is 6.78. The number of esters is 1. The number of hydrogen-bond acceptors (Lipinski definition) is 3. The maximum absolute atomic E-state index is 11.7. The van der Waals surface area contributed by atoms with E-state index in [1.54, 1.807) is 18.2 Å². The number of hydrogen-bond donors (Lipinski definition) is 1. The third-order valence-corrected chi connectivity index (χ3v) is 2.01. The predicted molar refractivity (Wildman–Crippen MR) is 63.7 cm³/mol. The summed E-state index contributed by atoms with van der Waals surface area (Å²) in [5, 5.41) is 0. The molecule has 0 heterocycles. The highest BCUT2D eigenvalue weighted by Crippen LogP contribution is 2.19. The molecule has 0 bridgehead atoms. The summed E-state index contributed by atoms with van der Waals surface area (Å²) < 4.78 is 5.99. The second kappa shape index (κ2) is 4.23. The molecule has 0 amide bonds. The van der Waals surface area contributed by atoms with Gasteiger partial charge in [-0.2, -0.15) is 0 Å². The molecule has 1 rings (SSSR count). The molecule has 0 aliphatic carbocycles. The Hall–Kier alpha value is -1.03. The summed E-state index contributed by atoms with van der Waals surface area (Å²) in [5.74, 6) is -0.365. The van der Waals surface area contributed by atoms with Crippen LogP contribution in [0.4, 0.5) is 5.69 Å². The Kier molecular flexibility index (Phi) is 3.39. The first-order valence-electron chi connectivity index (χ1n) is 4.57. The van der Waals surface area contributed by atoms with Gasteiger partial charge in [-0.15, -0.1) is 0 Å². The molecule has 0 aromatic heterocycles. The number of anilines is 1. The van der Waals surface area contributed by atoms with Gasteiger partial charge in [0.25, 0.3) is 0 Å². The van der Waals surface area contributed by atoms with Gasteiger partial charge in [0.05, 0.1) is 5.56 Å². The minimum atomic E-state index is -0.492. The summed E-state index contributed by atoms with van der Waals surface area (Å²) in [7, 11) is 0. The highest BCUT2D eigenvalue weighted by Gasteiger charge is 2.18. The zero-order valence-electron chi connectivity index (χ0n) is 9.00. The van der Waals surface area contributed by atoms with E-state index < -0.39 is 5.60 Å². The van der Waals surface area contributed by atoms with Crippen molar-refractivity contribution < 1.29 is 9.53 Å². The lowest BCUT2D eigenvalue weighted by Crippen LogP contribution is -2.23. The summed E-state index contributed by atoms with van der Waals surface area (Å²) >= 11 is 3.27. The minimum Gasteiger partial charge on any atom is -0.456 e. The molecule has 2 N–H and O–H groups in total. The van der Waals surface area contributed by atoms with Gasteiger partial charge < -0.3 is 10.5 Å². The van der Waals surface area contributed by atoms with Crippen molar-refractivity contribution in [3.63, 3.8) is 0 Å². The van der Waals surface area contributed by atoms with Gasteiger partial charge in [0.15, 0.2) is 0 Å². The average molecular weight is 272 g/mol. The van der Waals surface area contributed by atoms with Crippen molar-refractivity contribution >= 4 is 27.6 Å². The molecule has 0 spiro atoms. The highest BCUT2D eigenvalue weighted by atomic mass is 79.9. The molecule has 3 nitrogen and oxygen atoms in total. The molecule has 0 unspecified atom stereocenters. The quantitative estimate of drug-likeness (QED) is 0.631. The van der Waals surface area contributed by atoms with Gasteiger partial charge in [0.1, 0.15) is 5.60 Å². The molecular weight excluding hydrogens is 258 g/mol. The van der Waals surface area contributed by atoms with Crippen molar-refractivity contribution in [1.29, 1.82) is 0 Å². The van der Waals surface area contributed by atoms with E-state index in [4.69, 9.17) is 10.5 Å². The van der Waals surface area contributed by atoms with E-state index in [2.05, 4.69) is 15.9 Å². The molecule has 0 atom stereocenters. The first-order valence-corrected chi connectivity index (χ1v) is 5.37. The Balaban J connectivity index is 2.92. The number of benzene rings is 1. The maximum atomic E-state index is 11.7. The van der Waals surface area contributed by atoms with Gasteiger partial charge in [0, 0.05) is 10.2 Å². The van der Waals surface area contributed by atoms with Crippen molar-refractivity contribution in [2.45, 2.75) is 26.4 Å². The van der Waals surface area contributed by atoms with Crippen molar-refractivity contribution in [1.82, 2.24) is 0 Å². The molecule has 0 saturated carbocycles. The maximum Gasteiger partial charge on any atom is 0.338 e. The summed E-state index contributed by atoms with van der Waals surface area (Å²) in [6.45, 7) is 5.48. The van der Waals surface area contributed by atoms with Gasteiger partial charge in [0.2, 0.25) is 0 Å². The van der Waals surface area contributed by atoms with Gasteiger partial charge in [-0.25, -0.2) is 4.79 Å². The first kappa shape index (κ1) is 12.0. The third-order valence-electron chi connectivity index (χ3n) is 1.55. The molecule has 82 valence electrons. The van der Waals surface area contributed by atoms with Crippen LogP contribution in [0.3, 0.4) is 0 Å². The van der Waals surface area contributed by atoms with Crippen LogP contribution in [0, 0.1) is 0 Å². The molecule has 1 aromatic rings. The zero-order valence-corrected chi connectivity index (χ0v) is 10.6. The Morgan fingerprint density at radius 1 is 1.33 bits per heavy atom. The fourth-order valence-corrected chi connectivity index (χ4v) is 1.58. The average Bonchev–Trinajstić information content (AvgIpc) is 1.98. The monoisotopic (exact) mass is 271 g/mol. The summed E-state index contributed by atoms with van der Waals surface area (Å²) in [4.78, 5) is 11.7. The molecule has 0 radical (unpaired) electrons. The van der Waals surface area contributed by atoms with Crippen LogP contribution < -0.4 is 5.73 Å². The number of rotatable bonds is 1. The minimum absolute atomic E-state index is 0.365. The van der Waals surface area contributed by atoms with Gasteiger partial charge in [-0.1, -0.05) is 15.9 Å². The smallest absolute Gasteiger partial charge is 0.338 e. The topological polar surface area (TPSA) is 52.3 Å². The standard InChI is InChI=1S/C11H14BrNO2/c1-11(2,3)15-10(14)7-4-8(12)6-9(13)5-7/h4-6H,13H2,1-3H3. The molecule has 1 aromatic carbocycles. The molecule has 0 fully saturated rings. The predicted octanol–water partition coefficient (Wildman–Crippen LogP) is 2.99.